The van der Waals surface area contributed by atoms with E-state index in [-0.39, 0.29) is 22.0 Å². The summed E-state index contributed by atoms with van der Waals surface area (Å²) in [5, 5.41) is 9.43. The third-order valence-electron chi connectivity index (χ3n) is 6.13. The van der Waals surface area contributed by atoms with Crippen LogP contribution in [0.15, 0.2) is 24.3 Å². The molecule has 18 heavy (non-hydrogen) atoms. The third kappa shape index (κ3) is 1.07. The maximum absolute atomic E-state index is 12.4. The van der Waals surface area contributed by atoms with Gasteiger partial charge in [-0.1, -0.05) is 32.9 Å². The van der Waals surface area contributed by atoms with E-state index in [4.69, 9.17) is 0 Å². The number of aromatic hydroxyl groups is 1. The van der Waals surface area contributed by atoms with Gasteiger partial charge in [-0.05, 0) is 36.0 Å². The maximum Gasteiger partial charge on any atom is 0.140 e. The van der Waals surface area contributed by atoms with Gasteiger partial charge < -0.3 is 5.11 Å². The van der Waals surface area contributed by atoms with Crippen LogP contribution in [0, 0.1) is 10.8 Å². The number of hydrogen-bond acceptors (Lipinski definition) is 2. The van der Waals surface area contributed by atoms with Crippen LogP contribution in [0.3, 0.4) is 0 Å². The predicted octanol–water partition coefficient (Wildman–Crippen LogP) is 3.43. The van der Waals surface area contributed by atoms with Crippen LogP contribution in [0.25, 0.3) is 0 Å². The summed E-state index contributed by atoms with van der Waals surface area (Å²) in [7, 11) is 0. The molecule has 2 nitrogen and oxygen atoms in total. The Kier molecular flexibility index (Phi) is 2.07. The molecule has 3 rings (SSSR count). The van der Waals surface area contributed by atoms with E-state index in [0.717, 1.165) is 12.8 Å². The van der Waals surface area contributed by atoms with Gasteiger partial charge in [-0.2, -0.15) is 0 Å². The van der Waals surface area contributed by atoms with Gasteiger partial charge in [0.05, 0.1) is 0 Å². The largest absolute Gasteiger partial charge is 0.508 e. The Hall–Kier alpha value is -1.31. The highest BCUT2D eigenvalue weighted by Crippen LogP contribution is 2.70. The molecule has 2 saturated carbocycles. The van der Waals surface area contributed by atoms with Crippen LogP contribution in [0.5, 0.6) is 5.75 Å². The van der Waals surface area contributed by atoms with Crippen molar-refractivity contribution in [3.05, 3.63) is 29.8 Å². The van der Waals surface area contributed by atoms with Crippen LogP contribution >= 0.6 is 0 Å². The van der Waals surface area contributed by atoms with Crippen molar-refractivity contribution in [3.63, 3.8) is 0 Å². The molecule has 0 spiro atoms. The highest BCUT2D eigenvalue weighted by Gasteiger charge is 2.69. The second kappa shape index (κ2) is 3.17. The molecule has 2 aliphatic rings. The molecule has 1 aromatic carbocycles. The van der Waals surface area contributed by atoms with Crippen molar-refractivity contribution < 1.29 is 9.90 Å². The minimum atomic E-state index is -0.176. The number of carbonyl (C=O) groups excluding carboxylic acids is 1. The first kappa shape index (κ1) is 11.8. The van der Waals surface area contributed by atoms with E-state index in [0.29, 0.717) is 12.2 Å². The number of ketones is 1. The second-order valence-corrected chi connectivity index (χ2v) is 6.69. The minimum absolute atomic E-state index is 0.00590. The van der Waals surface area contributed by atoms with Crippen LogP contribution in [-0.2, 0) is 10.2 Å². The van der Waals surface area contributed by atoms with Crippen molar-refractivity contribution in [1.82, 2.24) is 0 Å². The van der Waals surface area contributed by atoms with Gasteiger partial charge in [0.1, 0.15) is 11.5 Å². The fourth-order valence-electron chi connectivity index (χ4n) is 4.27. The monoisotopic (exact) mass is 244 g/mol. The van der Waals surface area contributed by atoms with Gasteiger partial charge >= 0.3 is 0 Å². The molecule has 0 unspecified atom stereocenters. The lowest BCUT2D eigenvalue weighted by atomic mass is 9.62. The highest BCUT2D eigenvalue weighted by molar-refractivity contribution is 5.91. The summed E-state index contributed by atoms with van der Waals surface area (Å²) < 4.78 is 0. The first-order valence-electron chi connectivity index (χ1n) is 6.66. The molecule has 0 heterocycles. The molecule has 2 heteroatoms. The van der Waals surface area contributed by atoms with Crippen LogP contribution in [-0.4, -0.2) is 10.9 Å². The first-order chi connectivity index (χ1) is 8.33. The summed E-state index contributed by atoms with van der Waals surface area (Å²) in [6, 6.07) is 7.44. The zero-order valence-corrected chi connectivity index (χ0v) is 11.3. The topological polar surface area (TPSA) is 37.3 Å². The molecule has 2 bridgehead atoms. The molecule has 2 aliphatic carbocycles. The lowest BCUT2D eigenvalue weighted by molar-refractivity contribution is -0.128. The lowest BCUT2D eigenvalue weighted by Gasteiger charge is -2.40. The first-order valence-corrected chi connectivity index (χ1v) is 6.66. The normalized spacial score (nSPS) is 37.2. The predicted molar refractivity (Wildman–Crippen MR) is 70.5 cm³/mol. The minimum Gasteiger partial charge on any atom is -0.508 e. The number of carbonyl (C=O) groups is 1. The number of hydrogen-bond donors (Lipinski definition) is 1. The van der Waals surface area contributed by atoms with E-state index in [1.165, 1.54) is 5.56 Å². The van der Waals surface area contributed by atoms with Crippen molar-refractivity contribution in [2.75, 3.05) is 0 Å². The van der Waals surface area contributed by atoms with Gasteiger partial charge in [0.15, 0.2) is 0 Å². The van der Waals surface area contributed by atoms with E-state index in [1.54, 1.807) is 12.1 Å². The van der Waals surface area contributed by atoms with Gasteiger partial charge in [-0.3, -0.25) is 4.79 Å². The number of phenolic OH excluding ortho intramolecular Hbond substituents is 1. The second-order valence-electron chi connectivity index (χ2n) is 6.69. The van der Waals surface area contributed by atoms with Crippen molar-refractivity contribution in [2.24, 2.45) is 10.8 Å². The van der Waals surface area contributed by atoms with E-state index in [9.17, 15) is 9.90 Å². The summed E-state index contributed by atoms with van der Waals surface area (Å²) in [5.41, 5.74) is 0.991. The van der Waals surface area contributed by atoms with Gasteiger partial charge in [-0.15, -0.1) is 0 Å². The average Bonchev–Trinajstić information content (AvgIpc) is 2.60. The Morgan fingerprint density at radius 3 is 2.11 bits per heavy atom. The summed E-state index contributed by atoms with van der Waals surface area (Å²) in [6.07, 6.45) is 2.72. The summed E-state index contributed by atoms with van der Waals surface area (Å²) in [5.74, 6) is 0.699. The van der Waals surface area contributed by atoms with E-state index in [2.05, 4.69) is 20.8 Å². The van der Waals surface area contributed by atoms with Gasteiger partial charge in [-0.25, -0.2) is 0 Å². The van der Waals surface area contributed by atoms with Crippen LogP contribution in [0.2, 0.25) is 0 Å². The van der Waals surface area contributed by atoms with Gasteiger partial charge in [0.2, 0.25) is 0 Å². The van der Waals surface area contributed by atoms with Crippen molar-refractivity contribution in [1.29, 1.82) is 0 Å². The molecule has 96 valence electrons. The van der Waals surface area contributed by atoms with E-state index < -0.39 is 0 Å². The van der Waals surface area contributed by atoms with Crippen molar-refractivity contribution >= 4 is 5.78 Å². The fourth-order valence-corrected chi connectivity index (χ4v) is 4.27. The fraction of sp³-hybridized carbons (Fsp3) is 0.562. The molecule has 2 atom stereocenters. The number of phenols is 1. The molecule has 1 N–H and O–H groups in total. The third-order valence-corrected chi connectivity index (χ3v) is 6.13. The zero-order valence-electron chi connectivity index (χ0n) is 11.3. The lowest BCUT2D eigenvalue weighted by Crippen LogP contribution is -2.38. The Morgan fingerprint density at radius 2 is 1.67 bits per heavy atom. The molecular weight excluding hydrogens is 224 g/mol. The molecule has 2 fully saturated rings. The van der Waals surface area contributed by atoms with Gasteiger partial charge in [0, 0.05) is 17.3 Å². The Labute approximate surface area is 108 Å². The van der Waals surface area contributed by atoms with E-state index >= 15 is 0 Å². The molecule has 0 aromatic heterocycles. The van der Waals surface area contributed by atoms with Crippen molar-refractivity contribution in [2.45, 2.75) is 45.4 Å². The number of fused-ring (bicyclic) bond motifs is 2. The van der Waals surface area contributed by atoms with Crippen LogP contribution in [0.4, 0.5) is 0 Å². The summed E-state index contributed by atoms with van der Waals surface area (Å²) >= 11 is 0. The standard InChI is InChI=1S/C16H20O2/c1-14(2)15(3)8-9-16(14,10-13(15)18)11-4-6-12(17)7-5-11/h4-7,17H,8-10H2,1-3H3/t15-,16-/m0/s1. The number of rotatable bonds is 1. The summed E-state index contributed by atoms with van der Waals surface area (Å²) in [6.45, 7) is 6.60. The summed E-state index contributed by atoms with van der Waals surface area (Å²) in [4.78, 5) is 12.4. The van der Waals surface area contributed by atoms with Gasteiger partial charge in [0.25, 0.3) is 0 Å². The SMILES string of the molecule is CC1(C)[C@@]2(c3ccc(O)cc3)CC[C@@]1(C)C(=O)C2. The van der Waals surface area contributed by atoms with Crippen LogP contribution in [0.1, 0.15) is 45.6 Å². The molecular formula is C16H20O2. The Balaban J connectivity index is 2.17. The molecule has 0 saturated heterocycles. The maximum atomic E-state index is 12.4. The molecule has 0 radical (unpaired) electrons. The number of Topliss-reactive ketones (excluding diaryl/α,β-unsaturated/α-hetero) is 1. The molecule has 0 amide bonds. The quantitative estimate of drug-likeness (QED) is 0.821. The van der Waals surface area contributed by atoms with Crippen LogP contribution < -0.4 is 0 Å². The molecule has 0 aliphatic heterocycles. The molecule has 1 aromatic rings. The van der Waals surface area contributed by atoms with E-state index in [1.807, 2.05) is 12.1 Å². The number of benzene rings is 1. The highest BCUT2D eigenvalue weighted by atomic mass is 16.3. The Morgan fingerprint density at radius 1 is 1.06 bits per heavy atom. The van der Waals surface area contributed by atoms with Crippen molar-refractivity contribution in [3.8, 4) is 5.75 Å². The zero-order chi connectivity index (χ0) is 13.2. The Bertz CT molecular complexity index is 514. The smallest absolute Gasteiger partial charge is 0.140 e. The average molecular weight is 244 g/mol.